The summed E-state index contributed by atoms with van der Waals surface area (Å²) in [6.07, 6.45) is 3.40. The second-order valence-electron chi connectivity index (χ2n) is 11.6. The van der Waals surface area contributed by atoms with E-state index in [4.69, 9.17) is 14.2 Å². The Morgan fingerprint density at radius 3 is 1.82 bits per heavy atom. The molecule has 34 heavy (non-hydrogen) atoms. The zero-order valence-corrected chi connectivity index (χ0v) is 22.5. The Morgan fingerprint density at radius 2 is 1.35 bits per heavy atom. The van der Waals surface area contributed by atoms with Gasteiger partial charge in [-0.1, -0.05) is 27.4 Å². The molecule has 0 aliphatic heterocycles. The van der Waals surface area contributed by atoms with Gasteiger partial charge in [-0.25, -0.2) is 0 Å². The molecule has 0 amide bonds. The number of benzene rings is 2. The first-order valence-corrected chi connectivity index (χ1v) is 11.7. The molecule has 184 valence electrons. The van der Waals surface area contributed by atoms with E-state index in [1.807, 2.05) is 53.7 Å². The maximum absolute atomic E-state index is 12.9. The smallest absolute Gasteiger partial charge is 0.185 e. The van der Waals surface area contributed by atoms with Crippen LogP contribution in [0.2, 0.25) is 0 Å². The topological polar surface area (TPSA) is 44.8 Å². The van der Waals surface area contributed by atoms with Crippen LogP contribution in [0.4, 0.5) is 0 Å². The lowest BCUT2D eigenvalue weighted by molar-refractivity contribution is 0.104. The van der Waals surface area contributed by atoms with Crippen LogP contribution in [0.3, 0.4) is 0 Å². The molecule has 0 saturated carbocycles. The Bertz CT molecular complexity index is 1050. The lowest BCUT2D eigenvalue weighted by Crippen LogP contribution is -2.27. The molecule has 0 radical (unpaired) electrons. The van der Waals surface area contributed by atoms with Crippen LogP contribution in [0.15, 0.2) is 54.8 Å². The quantitative estimate of drug-likeness (QED) is 0.236. The lowest BCUT2D eigenvalue weighted by Gasteiger charge is -2.30. The molecule has 0 bridgehead atoms. The van der Waals surface area contributed by atoms with Gasteiger partial charge in [0.2, 0.25) is 0 Å². The van der Waals surface area contributed by atoms with Crippen molar-refractivity contribution in [3.05, 3.63) is 71.5 Å². The Morgan fingerprint density at radius 1 is 0.824 bits per heavy atom. The van der Waals surface area contributed by atoms with Crippen molar-refractivity contribution in [1.29, 1.82) is 0 Å². The summed E-state index contributed by atoms with van der Waals surface area (Å²) in [5, 5.41) is 0. The molecule has 4 nitrogen and oxygen atoms in total. The molecule has 2 aromatic carbocycles. The van der Waals surface area contributed by atoms with E-state index >= 15 is 0 Å². The van der Waals surface area contributed by atoms with Crippen molar-refractivity contribution in [1.82, 2.24) is 0 Å². The molecule has 0 N–H and O–H groups in total. The van der Waals surface area contributed by atoms with Gasteiger partial charge in [0.25, 0.3) is 0 Å². The summed E-state index contributed by atoms with van der Waals surface area (Å²) in [6.45, 7) is 24.1. The molecule has 0 aliphatic rings. The van der Waals surface area contributed by atoms with Gasteiger partial charge in [0, 0.05) is 22.8 Å². The Balaban J connectivity index is 2.49. The van der Waals surface area contributed by atoms with Gasteiger partial charge in [0.1, 0.15) is 28.5 Å². The SMILES string of the molecule is C=C(C)Oc1ccc(C(=O)/C=C\c2cc(C(C)(C)C)c(OC(C)(C)C)cc2OC(C)(C)C)cc1. The van der Waals surface area contributed by atoms with E-state index in [9.17, 15) is 4.79 Å². The van der Waals surface area contributed by atoms with Crippen molar-refractivity contribution in [2.24, 2.45) is 0 Å². The second kappa shape index (κ2) is 10.1. The summed E-state index contributed by atoms with van der Waals surface area (Å²) >= 11 is 0. The van der Waals surface area contributed by atoms with E-state index < -0.39 is 5.60 Å². The minimum absolute atomic E-state index is 0.101. The predicted octanol–water partition coefficient (Wildman–Crippen LogP) is 8.15. The first kappa shape index (κ1) is 27.2. The van der Waals surface area contributed by atoms with Gasteiger partial charge in [0.05, 0.1) is 5.76 Å². The minimum atomic E-state index is -0.409. The molecule has 0 atom stereocenters. The van der Waals surface area contributed by atoms with Crippen LogP contribution in [0, 0.1) is 0 Å². The van der Waals surface area contributed by atoms with E-state index in [2.05, 4.69) is 33.4 Å². The average molecular weight is 465 g/mol. The number of carbonyl (C=O) groups is 1. The van der Waals surface area contributed by atoms with Crippen molar-refractivity contribution in [3.8, 4) is 17.2 Å². The van der Waals surface area contributed by atoms with E-state index in [0.29, 0.717) is 22.8 Å². The predicted molar refractivity (Wildman–Crippen MR) is 141 cm³/mol. The van der Waals surface area contributed by atoms with Gasteiger partial charge in [-0.2, -0.15) is 0 Å². The number of allylic oxidation sites excluding steroid dienone is 2. The molecule has 0 fully saturated rings. The van der Waals surface area contributed by atoms with E-state index in [1.54, 1.807) is 37.3 Å². The molecular weight excluding hydrogens is 424 g/mol. The van der Waals surface area contributed by atoms with Crippen LogP contribution >= 0.6 is 0 Å². The van der Waals surface area contributed by atoms with Crippen molar-refractivity contribution in [3.63, 3.8) is 0 Å². The van der Waals surface area contributed by atoms with Crippen LogP contribution in [-0.2, 0) is 5.41 Å². The number of rotatable bonds is 7. The summed E-state index contributed by atoms with van der Waals surface area (Å²) in [5.41, 5.74) is 1.54. The van der Waals surface area contributed by atoms with Crippen LogP contribution < -0.4 is 14.2 Å². The summed E-state index contributed by atoms with van der Waals surface area (Å²) in [7, 11) is 0. The monoisotopic (exact) mass is 464 g/mol. The van der Waals surface area contributed by atoms with Gasteiger partial charge < -0.3 is 14.2 Å². The molecule has 2 rings (SSSR count). The fourth-order valence-corrected chi connectivity index (χ4v) is 3.28. The molecule has 0 saturated heterocycles. The standard InChI is InChI=1S/C30H40O4/c1-20(2)32-23-15-12-21(13-16-23)25(31)17-14-22-18-24(28(3,4)5)27(34-30(9,10)11)19-26(22)33-29(6,7)8/h12-19H,1H2,2-11H3/b17-14-. The molecule has 0 heterocycles. The molecule has 0 unspecified atom stereocenters. The van der Waals surface area contributed by atoms with Gasteiger partial charge >= 0.3 is 0 Å². The molecule has 0 aliphatic carbocycles. The second-order valence-corrected chi connectivity index (χ2v) is 11.6. The summed E-state index contributed by atoms with van der Waals surface area (Å²) < 4.78 is 18.1. The van der Waals surface area contributed by atoms with Crippen molar-refractivity contribution in [2.45, 2.75) is 85.9 Å². The highest BCUT2D eigenvalue weighted by atomic mass is 16.5. The fraction of sp³-hybridized carbons (Fsp3) is 0.433. The van der Waals surface area contributed by atoms with Crippen LogP contribution in [0.1, 0.15) is 90.7 Å². The molecule has 2 aromatic rings. The Hall–Kier alpha value is -3.01. The van der Waals surface area contributed by atoms with Crippen LogP contribution in [0.5, 0.6) is 17.2 Å². The highest BCUT2D eigenvalue weighted by Crippen LogP contribution is 2.40. The third kappa shape index (κ3) is 8.40. The summed E-state index contributed by atoms with van der Waals surface area (Å²) in [6, 6.07) is 11.0. The average Bonchev–Trinajstić information content (AvgIpc) is 2.63. The number of carbonyl (C=O) groups excluding carboxylic acids is 1. The molecule has 4 heteroatoms. The van der Waals surface area contributed by atoms with Crippen LogP contribution in [-0.4, -0.2) is 17.0 Å². The molecular formula is C30H40O4. The normalized spacial score (nSPS) is 12.5. The number of ketones is 1. The van der Waals surface area contributed by atoms with E-state index in [0.717, 1.165) is 16.9 Å². The minimum Gasteiger partial charge on any atom is -0.488 e. The van der Waals surface area contributed by atoms with E-state index in [-0.39, 0.29) is 16.8 Å². The summed E-state index contributed by atoms with van der Waals surface area (Å²) in [4.78, 5) is 12.9. The third-order valence-electron chi connectivity index (χ3n) is 4.60. The molecule has 0 spiro atoms. The van der Waals surface area contributed by atoms with Crippen LogP contribution in [0.25, 0.3) is 6.08 Å². The maximum atomic E-state index is 12.9. The number of ether oxygens (including phenoxy) is 3. The van der Waals surface area contributed by atoms with Crippen molar-refractivity contribution in [2.75, 3.05) is 0 Å². The van der Waals surface area contributed by atoms with Gasteiger partial charge in [-0.3, -0.25) is 4.79 Å². The Kier molecular flexibility index (Phi) is 8.08. The zero-order valence-electron chi connectivity index (χ0n) is 22.5. The van der Waals surface area contributed by atoms with Gasteiger partial charge in [0.15, 0.2) is 5.78 Å². The number of hydrogen-bond acceptors (Lipinski definition) is 4. The van der Waals surface area contributed by atoms with Gasteiger partial charge in [-0.05, 0) is 96.4 Å². The Labute approximate surface area is 205 Å². The van der Waals surface area contributed by atoms with Crippen molar-refractivity contribution >= 4 is 11.9 Å². The highest BCUT2D eigenvalue weighted by molar-refractivity contribution is 6.07. The largest absolute Gasteiger partial charge is 0.488 e. The maximum Gasteiger partial charge on any atom is 0.185 e. The fourth-order valence-electron chi connectivity index (χ4n) is 3.28. The zero-order chi connectivity index (χ0) is 25.9. The highest BCUT2D eigenvalue weighted by Gasteiger charge is 2.26. The first-order chi connectivity index (χ1) is 15.4. The lowest BCUT2D eigenvalue weighted by atomic mass is 9.85. The molecule has 0 aromatic heterocycles. The van der Waals surface area contributed by atoms with E-state index in [1.165, 1.54) is 0 Å². The third-order valence-corrected chi connectivity index (χ3v) is 4.60. The summed E-state index contributed by atoms with van der Waals surface area (Å²) in [5.74, 6) is 2.61. The van der Waals surface area contributed by atoms with Gasteiger partial charge in [-0.15, -0.1) is 0 Å². The first-order valence-electron chi connectivity index (χ1n) is 11.7. The van der Waals surface area contributed by atoms with Crippen molar-refractivity contribution < 1.29 is 19.0 Å². The number of hydrogen-bond donors (Lipinski definition) is 0.